The molecule has 2 atom stereocenters. The first-order valence-corrected chi connectivity index (χ1v) is 6.72. The van der Waals surface area contributed by atoms with Gasteiger partial charge in [-0.1, -0.05) is 6.92 Å². The minimum atomic E-state index is 0.773. The lowest BCUT2D eigenvalue weighted by Gasteiger charge is -2.19. The topological polar surface area (TPSA) is 24.1 Å². The first-order valence-electron chi connectivity index (χ1n) is 6.72. The number of nitrogens with one attached hydrogen (secondary N) is 2. The van der Waals surface area contributed by atoms with Crippen molar-refractivity contribution in [2.75, 3.05) is 26.2 Å². The van der Waals surface area contributed by atoms with Gasteiger partial charge in [-0.25, -0.2) is 0 Å². The Labute approximate surface area is 93.2 Å². The smallest absolute Gasteiger partial charge is 0.00106 e. The predicted molar refractivity (Wildman–Crippen MR) is 62.8 cm³/mol. The van der Waals surface area contributed by atoms with Crippen LogP contribution in [0.3, 0.4) is 0 Å². The molecule has 0 spiro atoms. The van der Waals surface area contributed by atoms with Crippen molar-refractivity contribution in [3.63, 3.8) is 0 Å². The van der Waals surface area contributed by atoms with Crippen molar-refractivity contribution in [3.8, 4) is 0 Å². The van der Waals surface area contributed by atoms with Crippen molar-refractivity contribution in [3.05, 3.63) is 0 Å². The van der Waals surface area contributed by atoms with Gasteiger partial charge in [0.15, 0.2) is 0 Å². The van der Waals surface area contributed by atoms with Gasteiger partial charge in [0, 0.05) is 6.54 Å². The van der Waals surface area contributed by atoms with Crippen molar-refractivity contribution in [2.45, 2.75) is 32.6 Å². The summed E-state index contributed by atoms with van der Waals surface area (Å²) >= 11 is 0. The summed E-state index contributed by atoms with van der Waals surface area (Å²) in [5.74, 6) is 2.85. The lowest BCUT2D eigenvalue weighted by Crippen LogP contribution is -2.32. The second-order valence-corrected chi connectivity index (χ2v) is 6.16. The molecule has 2 saturated carbocycles. The van der Waals surface area contributed by atoms with E-state index in [1.807, 2.05) is 0 Å². The van der Waals surface area contributed by atoms with E-state index in [1.54, 1.807) is 0 Å². The largest absolute Gasteiger partial charge is 0.316 e. The molecule has 1 saturated heterocycles. The second-order valence-electron chi connectivity index (χ2n) is 6.16. The maximum Gasteiger partial charge on any atom is 0.00106 e. The number of rotatable bonds is 5. The summed E-state index contributed by atoms with van der Waals surface area (Å²) in [6, 6.07) is 0. The molecule has 3 rings (SSSR count). The van der Waals surface area contributed by atoms with Crippen molar-refractivity contribution >= 4 is 0 Å². The van der Waals surface area contributed by atoms with Crippen LogP contribution in [0, 0.1) is 23.2 Å². The molecule has 2 nitrogen and oxygen atoms in total. The van der Waals surface area contributed by atoms with Crippen molar-refractivity contribution in [1.29, 1.82) is 0 Å². The maximum atomic E-state index is 3.74. The van der Waals surface area contributed by atoms with Crippen LogP contribution in [0.5, 0.6) is 0 Å². The van der Waals surface area contributed by atoms with Crippen LogP contribution < -0.4 is 10.6 Å². The predicted octanol–water partition coefficient (Wildman–Crippen LogP) is 1.62. The van der Waals surface area contributed by atoms with E-state index in [0.717, 1.165) is 23.2 Å². The highest BCUT2D eigenvalue weighted by atomic mass is 15.0. The molecule has 0 aromatic carbocycles. The zero-order chi connectivity index (χ0) is 10.3. The van der Waals surface area contributed by atoms with E-state index in [4.69, 9.17) is 0 Å². The van der Waals surface area contributed by atoms with E-state index in [0.29, 0.717) is 0 Å². The second kappa shape index (κ2) is 3.74. The van der Waals surface area contributed by atoms with E-state index in [1.165, 1.54) is 51.9 Å². The molecule has 86 valence electrons. The maximum absolute atomic E-state index is 3.74. The van der Waals surface area contributed by atoms with Gasteiger partial charge >= 0.3 is 0 Å². The summed E-state index contributed by atoms with van der Waals surface area (Å²) in [4.78, 5) is 0. The molecule has 1 aliphatic heterocycles. The Balaban J connectivity index is 1.39. The summed E-state index contributed by atoms with van der Waals surface area (Å²) in [6.45, 7) is 7.37. The molecular weight excluding hydrogens is 184 g/mol. The minimum absolute atomic E-state index is 0.773. The summed E-state index contributed by atoms with van der Waals surface area (Å²) in [5, 5.41) is 7.22. The molecule has 0 aromatic rings. The Kier molecular flexibility index (Phi) is 2.52. The Morgan fingerprint density at radius 2 is 2.07 bits per heavy atom. The van der Waals surface area contributed by atoms with Crippen LogP contribution in [0.15, 0.2) is 0 Å². The summed E-state index contributed by atoms with van der Waals surface area (Å²) in [7, 11) is 0. The average molecular weight is 208 g/mol. The van der Waals surface area contributed by atoms with E-state index >= 15 is 0 Å². The molecule has 3 fully saturated rings. The van der Waals surface area contributed by atoms with Gasteiger partial charge in [-0.2, -0.15) is 0 Å². The Morgan fingerprint density at radius 1 is 1.27 bits per heavy atom. The van der Waals surface area contributed by atoms with Gasteiger partial charge in [0.25, 0.3) is 0 Å². The normalized spacial score (nSPS) is 38.2. The first-order chi connectivity index (χ1) is 7.30. The molecule has 0 radical (unpaired) electrons. The third-order valence-electron chi connectivity index (χ3n) is 4.90. The van der Waals surface area contributed by atoms with E-state index in [-0.39, 0.29) is 0 Å². The molecule has 3 aliphatic rings. The summed E-state index contributed by atoms with van der Waals surface area (Å²) in [5.41, 5.74) is 0.773. The van der Waals surface area contributed by atoms with Gasteiger partial charge in [-0.05, 0) is 68.5 Å². The van der Waals surface area contributed by atoms with Crippen LogP contribution in [0.4, 0.5) is 0 Å². The third-order valence-corrected chi connectivity index (χ3v) is 4.90. The van der Waals surface area contributed by atoms with Crippen molar-refractivity contribution in [2.24, 2.45) is 23.2 Å². The molecule has 2 unspecified atom stereocenters. The van der Waals surface area contributed by atoms with Crippen LogP contribution in [0.2, 0.25) is 0 Å². The number of hydrogen-bond acceptors (Lipinski definition) is 2. The van der Waals surface area contributed by atoms with Gasteiger partial charge in [0.2, 0.25) is 0 Å². The van der Waals surface area contributed by atoms with Crippen LogP contribution in [0.25, 0.3) is 0 Å². The van der Waals surface area contributed by atoms with Crippen LogP contribution >= 0.6 is 0 Å². The molecule has 15 heavy (non-hydrogen) atoms. The van der Waals surface area contributed by atoms with Crippen LogP contribution in [0.1, 0.15) is 32.6 Å². The fraction of sp³-hybridized carbons (Fsp3) is 1.00. The molecule has 0 bridgehead atoms. The molecule has 2 aliphatic carbocycles. The van der Waals surface area contributed by atoms with E-state index in [2.05, 4.69) is 17.6 Å². The Hall–Kier alpha value is -0.0800. The highest BCUT2D eigenvalue weighted by Crippen LogP contribution is 2.60. The average Bonchev–Trinajstić information content (AvgIpc) is 3.10. The van der Waals surface area contributed by atoms with Gasteiger partial charge in [0.05, 0.1) is 0 Å². The Morgan fingerprint density at radius 3 is 2.60 bits per heavy atom. The fourth-order valence-corrected chi connectivity index (χ4v) is 3.23. The highest BCUT2D eigenvalue weighted by Gasteiger charge is 2.53. The zero-order valence-electron chi connectivity index (χ0n) is 9.89. The van der Waals surface area contributed by atoms with Crippen LogP contribution in [-0.2, 0) is 0 Å². The van der Waals surface area contributed by atoms with Crippen LogP contribution in [-0.4, -0.2) is 26.2 Å². The van der Waals surface area contributed by atoms with Gasteiger partial charge in [-0.3, -0.25) is 0 Å². The minimum Gasteiger partial charge on any atom is -0.316 e. The zero-order valence-corrected chi connectivity index (χ0v) is 9.89. The highest BCUT2D eigenvalue weighted by molar-refractivity contribution is 5.05. The first kappa shape index (κ1) is 10.1. The monoisotopic (exact) mass is 208 g/mol. The third kappa shape index (κ3) is 2.07. The van der Waals surface area contributed by atoms with Gasteiger partial charge in [-0.15, -0.1) is 0 Å². The number of hydrogen-bond donors (Lipinski definition) is 2. The Bertz CT molecular complexity index is 231. The van der Waals surface area contributed by atoms with Gasteiger partial charge in [0.1, 0.15) is 0 Å². The molecule has 0 aromatic heterocycles. The summed E-state index contributed by atoms with van der Waals surface area (Å²) in [6.07, 6.45) is 6.04. The summed E-state index contributed by atoms with van der Waals surface area (Å²) < 4.78 is 0. The molecule has 2 N–H and O–H groups in total. The van der Waals surface area contributed by atoms with Crippen molar-refractivity contribution in [1.82, 2.24) is 10.6 Å². The molecule has 2 heteroatoms. The van der Waals surface area contributed by atoms with E-state index in [9.17, 15) is 0 Å². The molecular formula is C13H24N2. The molecule has 0 amide bonds. The quantitative estimate of drug-likeness (QED) is 0.717. The standard InChI is InChI=1S/C13H24N2/c1-10-6-14-7-11(10)8-15-9-13(4-5-13)12-2-3-12/h10-12,14-15H,2-9H2,1H3. The van der Waals surface area contributed by atoms with E-state index < -0.39 is 0 Å². The lowest BCUT2D eigenvalue weighted by atomic mass is 9.96. The van der Waals surface area contributed by atoms with Gasteiger partial charge < -0.3 is 10.6 Å². The van der Waals surface area contributed by atoms with Crippen molar-refractivity contribution < 1.29 is 0 Å². The molecule has 1 heterocycles. The lowest BCUT2D eigenvalue weighted by molar-refractivity contribution is 0.360. The SMILES string of the molecule is CC1CNCC1CNCC1(C2CC2)CC1. The fourth-order valence-electron chi connectivity index (χ4n) is 3.23.